The van der Waals surface area contributed by atoms with Gasteiger partial charge in [-0.05, 0) is 0 Å². The van der Waals surface area contributed by atoms with Gasteiger partial charge in [-0.1, -0.05) is 0 Å². The van der Waals surface area contributed by atoms with E-state index in [0.29, 0.717) is 13.1 Å². The van der Waals surface area contributed by atoms with Gasteiger partial charge in [0.1, 0.15) is 0 Å². The second-order valence-corrected chi connectivity index (χ2v) is 1.58. The Morgan fingerprint density at radius 1 is 1.56 bits per heavy atom. The molecule has 4 heteroatoms. The van der Waals surface area contributed by atoms with Crippen LogP contribution in [-0.4, -0.2) is 26.1 Å². The van der Waals surface area contributed by atoms with Crippen LogP contribution in [0.5, 0.6) is 0 Å². The van der Waals surface area contributed by atoms with Gasteiger partial charge in [-0.2, -0.15) is 0 Å². The van der Waals surface area contributed by atoms with Crippen molar-refractivity contribution in [2.45, 2.75) is 6.92 Å². The van der Waals surface area contributed by atoms with E-state index in [1.54, 1.807) is 0 Å². The summed E-state index contributed by atoms with van der Waals surface area (Å²) in [5.41, 5.74) is 2.59. The van der Waals surface area contributed by atoms with Crippen molar-refractivity contribution in [2.75, 3.05) is 20.2 Å². The van der Waals surface area contributed by atoms with E-state index in [4.69, 9.17) is 0 Å². The highest BCUT2D eigenvalue weighted by molar-refractivity contribution is 5.72. The van der Waals surface area contributed by atoms with Gasteiger partial charge in [0, 0.05) is 20.0 Å². The lowest BCUT2D eigenvalue weighted by Crippen LogP contribution is -2.29. The molecule has 0 unspecified atom stereocenters. The van der Waals surface area contributed by atoms with E-state index in [1.165, 1.54) is 14.0 Å². The maximum atomic E-state index is 10.2. The van der Waals surface area contributed by atoms with Crippen LogP contribution in [0, 0.1) is 0 Å². The second kappa shape index (κ2) is 5.53. The molecule has 2 N–H and O–H groups in total. The largest absolute Gasteiger partial charge is 0.355 e. The lowest BCUT2D eigenvalue weighted by Gasteiger charge is -2.00. The van der Waals surface area contributed by atoms with Gasteiger partial charge in [-0.15, -0.1) is 0 Å². The van der Waals surface area contributed by atoms with Gasteiger partial charge in [0.05, 0.1) is 7.11 Å². The van der Waals surface area contributed by atoms with Gasteiger partial charge >= 0.3 is 0 Å². The summed E-state index contributed by atoms with van der Waals surface area (Å²) in [6.45, 7) is 2.71. The quantitative estimate of drug-likeness (QED) is 0.392. The predicted octanol–water partition coefficient (Wildman–Crippen LogP) is -0.727. The number of hydrogen-bond acceptors (Lipinski definition) is 3. The van der Waals surface area contributed by atoms with Gasteiger partial charge < -0.3 is 10.2 Å². The molecule has 0 aliphatic rings. The first-order valence-electron chi connectivity index (χ1n) is 2.77. The number of amides is 1. The Morgan fingerprint density at radius 2 is 2.22 bits per heavy atom. The first-order valence-corrected chi connectivity index (χ1v) is 2.77. The molecule has 0 spiro atoms. The van der Waals surface area contributed by atoms with Crippen molar-refractivity contribution in [2.24, 2.45) is 0 Å². The van der Waals surface area contributed by atoms with Crippen LogP contribution in [0.15, 0.2) is 0 Å². The Bertz CT molecular complexity index is 85.0. The van der Waals surface area contributed by atoms with Crippen LogP contribution >= 0.6 is 0 Å². The molecule has 0 radical (unpaired) electrons. The van der Waals surface area contributed by atoms with Crippen LogP contribution in [0.2, 0.25) is 0 Å². The highest BCUT2D eigenvalue weighted by Gasteiger charge is 1.86. The van der Waals surface area contributed by atoms with Gasteiger partial charge in [0.25, 0.3) is 0 Å². The fourth-order valence-corrected chi connectivity index (χ4v) is 0.392. The number of rotatable bonds is 4. The Labute approximate surface area is 54.5 Å². The Kier molecular flexibility index (Phi) is 5.15. The number of carbonyl (C=O) groups is 1. The molecule has 0 aromatic rings. The highest BCUT2D eigenvalue weighted by Crippen LogP contribution is 1.59. The smallest absolute Gasteiger partial charge is 0.216 e. The summed E-state index contributed by atoms with van der Waals surface area (Å²) in [6.07, 6.45) is 0. The maximum absolute atomic E-state index is 10.2. The molecule has 9 heavy (non-hydrogen) atoms. The summed E-state index contributed by atoms with van der Waals surface area (Å²) >= 11 is 0. The molecule has 0 aromatic carbocycles. The minimum Gasteiger partial charge on any atom is -0.355 e. The molecule has 0 aliphatic heterocycles. The molecule has 0 aromatic heterocycles. The third-order valence-corrected chi connectivity index (χ3v) is 0.745. The van der Waals surface area contributed by atoms with Gasteiger partial charge in [0.2, 0.25) is 5.91 Å². The molecule has 0 bridgehead atoms. The van der Waals surface area contributed by atoms with E-state index in [9.17, 15) is 4.79 Å². The van der Waals surface area contributed by atoms with Crippen molar-refractivity contribution in [1.29, 1.82) is 0 Å². The SMILES string of the molecule is CONCCNC(C)=O. The van der Waals surface area contributed by atoms with E-state index < -0.39 is 0 Å². The van der Waals surface area contributed by atoms with Crippen molar-refractivity contribution in [3.63, 3.8) is 0 Å². The minimum absolute atomic E-state index is 0.0205. The van der Waals surface area contributed by atoms with E-state index >= 15 is 0 Å². The van der Waals surface area contributed by atoms with Crippen molar-refractivity contribution in [3.05, 3.63) is 0 Å². The molecule has 0 heterocycles. The molecule has 0 atom stereocenters. The second-order valence-electron chi connectivity index (χ2n) is 1.58. The Balaban J connectivity index is 2.83. The summed E-state index contributed by atoms with van der Waals surface area (Å²) in [5, 5.41) is 2.60. The van der Waals surface area contributed by atoms with Gasteiger partial charge in [0.15, 0.2) is 0 Å². The first kappa shape index (κ1) is 8.39. The fraction of sp³-hybridized carbons (Fsp3) is 0.800. The van der Waals surface area contributed by atoms with Crippen molar-refractivity contribution in [1.82, 2.24) is 10.8 Å². The summed E-state index contributed by atoms with van der Waals surface area (Å²) in [4.78, 5) is 14.7. The van der Waals surface area contributed by atoms with Crippen LogP contribution in [0.4, 0.5) is 0 Å². The van der Waals surface area contributed by atoms with Gasteiger partial charge in [-0.25, -0.2) is 5.48 Å². The van der Waals surface area contributed by atoms with Crippen molar-refractivity contribution in [3.8, 4) is 0 Å². The molecule has 54 valence electrons. The third-order valence-electron chi connectivity index (χ3n) is 0.745. The van der Waals surface area contributed by atoms with E-state index in [0.717, 1.165) is 0 Å². The summed E-state index contributed by atoms with van der Waals surface area (Å²) in [5.74, 6) is -0.0205. The standard InChI is InChI=1S/C5H12N2O2/c1-5(8)6-3-4-7-9-2/h7H,3-4H2,1-2H3,(H,6,8). The summed E-state index contributed by atoms with van der Waals surface area (Å²) in [7, 11) is 1.54. The number of hydroxylamine groups is 1. The molecule has 0 rings (SSSR count). The molecule has 0 aliphatic carbocycles. The lowest BCUT2D eigenvalue weighted by atomic mass is 10.6. The maximum Gasteiger partial charge on any atom is 0.216 e. The van der Waals surface area contributed by atoms with Crippen molar-refractivity contribution < 1.29 is 9.63 Å². The van der Waals surface area contributed by atoms with E-state index in [1.807, 2.05) is 0 Å². The van der Waals surface area contributed by atoms with Crippen LogP contribution in [0.3, 0.4) is 0 Å². The van der Waals surface area contributed by atoms with Crippen LogP contribution in [0.1, 0.15) is 6.92 Å². The van der Waals surface area contributed by atoms with Crippen LogP contribution < -0.4 is 10.8 Å². The zero-order valence-electron chi connectivity index (χ0n) is 5.73. The van der Waals surface area contributed by atoms with Gasteiger partial charge in [-0.3, -0.25) is 4.79 Å². The Morgan fingerprint density at radius 3 is 2.67 bits per heavy atom. The molecule has 0 fully saturated rings. The highest BCUT2D eigenvalue weighted by atomic mass is 16.6. The normalized spacial score (nSPS) is 9.11. The van der Waals surface area contributed by atoms with Crippen molar-refractivity contribution >= 4 is 5.91 Å². The zero-order valence-corrected chi connectivity index (χ0v) is 5.73. The minimum atomic E-state index is -0.0205. The number of nitrogens with one attached hydrogen (secondary N) is 2. The predicted molar refractivity (Wildman–Crippen MR) is 33.7 cm³/mol. The fourth-order valence-electron chi connectivity index (χ4n) is 0.392. The molecule has 4 nitrogen and oxygen atoms in total. The molecular weight excluding hydrogens is 120 g/mol. The number of hydrogen-bond donors (Lipinski definition) is 2. The first-order chi connectivity index (χ1) is 4.27. The third kappa shape index (κ3) is 7.39. The average molecular weight is 132 g/mol. The molecular formula is C5H12N2O2. The molecule has 0 saturated heterocycles. The van der Waals surface area contributed by atoms with Crippen LogP contribution in [-0.2, 0) is 9.63 Å². The lowest BCUT2D eigenvalue weighted by molar-refractivity contribution is -0.119. The molecule has 1 amide bonds. The summed E-state index contributed by atoms with van der Waals surface area (Å²) < 4.78 is 0. The average Bonchev–Trinajstić information content (AvgIpc) is 1.80. The topological polar surface area (TPSA) is 50.4 Å². The summed E-state index contributed by atoms with van der Waals surface area (Å²) in [6, 6.07) is 0. The Hall–Kier alpha value is -0.610. The number of carbonyl (C=O) groups excluding carboxylic acids is 1. The zero-order chi connectivity index (χ0) is 7.11. The van der Waals surface area contributed by atoms with E-state index in [2.05, 4.69) is 15.6 Å². The van der Waals surface area contributed by atoms with Crippen LogP contribution in [0.25, 0.3) is 0 Å². The molecule has 0 saturated carbocycles. The van der Waals surface area contributed by atoms with E-state index in [-0.39, 0.29) is 5.91 Å². The monoisotopic (exact) mass is 132 g/mol.